The quantitative estimate of drug-likeness (QED) is 0.727. The van der Waals surface area contributed by atoms with Gasteiger partial charge in [0, 0.05) is 11.0 Å². The van der Waals surface area contributed by atoms with Crippen molar-refractivity contribution in [3.05, 3.63) is 23.3 Å². The summed E-state index contributed by atoms with van der Waals surface area (Å²) in [4.78, 5) is 0. The highest BCUT2D eigenvalue weighted by atomic mass is 16.3. The summed E-state index contributed by atoms with van der Waals surface area (Å²) in [5.41, 5.74) is 2.41. The maximum atomic E-state index is 10.8. The molecule has 0 saturated heterocycles. The topological polar surface area (TPSA) is 40.5 Å². The Balaban J connectivity index is 1.90. The third-order valence-electron chi connectivity index (χ3n) is 6.53. The van der Waals surface area contributed by atoms with Gasteiger partial charge in [-0.1, -0.05) is 26.8 Å². The normalized spacial score (nSPS) is 36.8. The van der Waals surface area contributed by atoms with Gasteiger partial charge < -0.3 is 10.2 Å². The molecule has 2 nitrogen and oxygen atoms in total. The van der Waals surface area contributed by atoms with Gasteiger partial charge in [-0.15, -0.1) is 0 Å². The van der Waals surface area contributed by atoms with Crippen LogP contribution in [0.4, 0.5) is 0 Å². The summed E-state index contributed by atoms with van der Waals surface area (Å²) >= 11 is 0. The molecule has 0 heterocycles. The Morgan fingerprint density at radius 3 is 1.86 bits per heavy atom. The van der Waals surface area contributed by atoms with E-state index in [1.807, 2.05) is 6.07 Å². The SMILES string of the molecule is CC(C)(C)c1ccc(O)c(O)c1C12CC3CC(CC(C3)C1)C2. The van der Waals surface area contributed by atoms with E-state index in [0.29, 0.717) is 0 Å². The second-order valence-electron chi connectivity index (χ2n) is 9.30. The smallest absolute Gasteiger partial charge is 0.161 e. The Morgan fingerprint density at radius 1 is 0.909 bits per heavy atom. The minimum atomic E-state index is -0.0101. The monoisotopic (exact) mass is 300 g/mol. The molecule has 120 valence electrons. The largest absolute Gasteiger partial charge is 0.504 e. The van der Waals surface area contributed by atoms with Gasteiger partial charge in [-0.2, -0.15) is 0 Å². The Hall–Kier alpha value is -1.18. The summed E-state index contributed by atoms with van der Waals surface area (Å²) in [6, 6.07) is 3.71. The number of hydrogen-bond acceptors (Lipinski definition) is 2. The molecule has 2 heteroatoms. The van der Waals surface area contributed by atoms with Crippen LogP contribution in [0.2, 0.25) is 0 Å². The fourth-order valence-corrected chi connectivity index (χ4v) is 6.16. The van der Waals surface area contributed by atoms with Crippen molar-refractivity contribution in [3.63, 3.8) is 0 Å². The molecular formula is C20H28O2. The molecule has 0 radical (unpaired) electrons. The van der Waals surface area contributed by atoms with E-state index in [9.17, 15) is 10.2 Å². The lowest BCUT2D eigenvalue weighted by atomic mass is 9.47. The van der Waals surface area contributed by atoms with Gasteiger partial charge in [0.1, 0.15) is 0 Å². The van der Waals surface area contributed by atoms with Gasteiger partial charge in [0.25, 0.3) is 0 Å². The van der Waals surface area contributed by atoms with Crippen LogP contribution >= 0.6 is 0 Å². The van der Waals surface area contributed by atoms with Gasteiger partial charge in [-0.3, -0.25) is 0 Å². The molecule has 4 aliphatic carbocycles. The van der Waals surface area contributed by atoms with Gasteiger partial charge in [0.05, 0.1) is 0 Å². The predicted octanol–water partition coefficient (Wildman–Crippen LogP) is 4.86. The van der Waals surface area contributed by atoms with Gasteiger partial charge in [-0.05, 0) is 73.3 Å². The molecule has 4 fully saturated rings. The lowest BCUT2D eigenvalue weighted by molar-refractivity contribution is -0.00704. The molecule has 5 rings (SSSR count). The molecule has 22 heavy (non-hydrogen) atoms. The van der Waals surface area contributed by atoms with Crippen molar-refractivity contribution >= 4 is 0 Å². The summed E-state index contributed by atoms with van der Waals surface area (Å²) < 4.78 is 0. The lowest BCUT2D eigenvalue weighted by Crippen LogP contribution is -2.49. The Morgan fingerprint density at radius 2 is 1.41 bits per heavy atom. The highest BCUT2D eigenvalue weighted by Crippen LogP contribution is 2.63. The van der Waals surface area contributed by atoms with Crippen molar-refractivity contribution < 1.29 is 10.2 Å². The zero-order chi connectivity index (χ0) is 15.7. The fraction of sp³-hybridized carbons (Fsp3) is 0.700. The van der Waals surface area contributed by atoms with Crippen molar-refractivity contribution in [1.82, 2.24) is 0 Å². The molecule has 1 aromatic carbocycles. The molecule has 4 bridgehead atoms. The summed E-state index contributed by atoms with van der Waals surface area (Å²) in [6.45, 7) is 6.63. The second kappa shape index (κ2) is 4.43. The molecule has 4 aliphatic rings. The van der Waals surface area contributed by atoms with Crippen molar-refractivity contribution in [2.75, 3.05) is 0 Å². The van der Waals surface area contributed by atoms with Gasteiger partial charge >= 0.3 is 0 Å². The van der Waals surface area contributed by atoms with E-state index in [2.05, 4.69) is 20.8 Å². The predicted molar refractivity (Wildman–Crippen MR) is 88.3 cm³/mol. The number of benzene rings is 1. The van der Waals surface area contributed by atoms with Crippen molar-refractivity contribution in [3.8, 4) is 11.5 Å². The van der Waals surface area contributed by atoms with E-state index >= 15 is 0 Å². The highest BCUT2D eigenvalue weighted by molar-refractivity contribution is 5.55. The van der Waals surface area contributed by atoms with Gasteiger partial charge in [-0.25, -0.2) is 0 Å². The number of phenolic OH excluding ortho intramolecular Hbond substituents is 2. The lowest BCUT2D eigenvalue weighted by Gasteiger charge is -2.58. The molecule has 0 spiro atoms. The average molecular weight is 300 g/mol. The van der Waals surface area contributed by atoms with E-state index in [4.69, 9.17) is 0 Å². The van der Waals surface area contributed by atoms with Crippen LogP contribution in [-0.4, -0.2) is 10.2 Å². The van der Waals surface area contributed by atoms with Crippen LogP contribution in [0.25, 0.3) is 0 Å². The van der Waals surface area contributed by atoms with Crippen LogP contribution < -0.4 is 0 Å². The number of phenols is 2. The molecule has 2 N–H and O–H groups in total. The van der Waals surface area contributed by atoms with E-state index in [0.717, 1.165) is 23.3 Å². The van der Waals surface area contributed by atoms with Crippen LogP contribution in [0, 0.1) is 17.8 Å². The van der Waals surface area contributed by atoms with E-state index in [-0.39, 0.29) is 22.3 Å². The maximum absolute atomic E-state index is 10.8. The molecular weight excluding hydrogens is 272 g/mol. The van der Waals surface area contributed by atoms with Crippen LogP contribution in [0.1, 0.15) is 70.4 Å². The molecule has 0 aromatic heterocycles. The first-order valence-electron chi connectivity index (χ1n) is 8.84. The first-order valence-corrected chi connectivity index (χ1v) is 8.84. The van der Waals surface area contributed by atoms with E-state index in [1.54, 1.807) is 6.07 Å². The van der Waals surface area contributed by atoms with Crippen molar-refractivity contribution in [2.45, 2.75) is 70.1 Å². The zero-order valence-corrected chi connectivity index (χ0v) is 14.0. The molecule has 1 aromatic rings. The molecule has 0 atom stereocenters. The van der Waals surface area contributed by atoms with E-state index < -0.39 is 0 Å². The number of rotatable bonds is 1. The summed E-state index contributed by atoms with van der Waals surface area (Å²) in [5.74, 6) is 2.72. The average Bonchev–Trinajstić information content (AvgIpc) is 2.38. The summed E-state index contributed by atoms with van der Waals surface area (Å²) in [5, 5.41) is 20.9. The minimum Gasteiger partial charge on any atom is -0.504 e. The Bertz CT molecular complexity index is 574. The first kappa shape index (κ1) is 14.4. The molecule has 0 aliphatic heterocycles. The van der Waals surface area contributed by atoms with Crippen LogP contribution in [0.3, 0.4) is 0 Å². The Kier molecular flexibility index (Phi) is 2.90. The zero-order valence-electron chi connectivity index (χ0n) is 14.0. The summed E-state index contributed by atoms with van der Waals surface area (Å²) in [7, 11) is 0. The first-order chi connectivity index (χ1) is 10.3. The number of aromatic hydroxyl groups is 2. The second-order valence-corrected chi connectivity index (χ2v) is 9.30. The van der Waals surface area contributed by atoms with E-state index in [1.165, 1.54) is 44.1 Å². The fourth-order valence-electron chi connectivity index (χ4n) is 6.16. The maximum Gasteiger partial charge on any atom is 0.161 e. The molecule has 4 saturated carbocycles. The highest BCUT2D eigenvalue weighted by Gasteiger charge is 2.53. The van der Waals surface area contributed by atoms with Gasteiger partial charge in [0.15, 0.2) is 11.5 Å². The van der Waals surface area contributed by atoms with Crippen LogP contribution in [0.15, 0.2) is 12.1 Å². The number of hydrogen-bond donors (Lipinski definition) is 2. The van der Waals surface area contributed by atoms with Gasteiger partial charge in [0.2, 0.25) is 0 Å². The van der Waals surface area contributed by atoms with Crippen molar-refractivity contribution in [1.29, 1.82) is 0 Å². The van der Waals surface area contributed by atoms with Crippen LogP contribution in [-0.2, 0) is 10.8 Å². The molecule has 0 unspecified atom stereocenters. The standard InChI is InChI=1S/C20H28O2/c1-19(2,3)15-4-5-16(21)18(22)17(15)20-9-12-6-13(10-20)8-14(7-12)11-20/h4-5,12-14,21-22H,6-11H2,1-3H3. The van der Waals surface area contributed by atoms with Crippen molar-refractivity contribution in [2.24, 2.45) is 17.8 Å². The Labute approximate surface area is 133 Å². The van der Waals surface area contributed by atoms with Crippen LogP contribution in [0.5, 0.6) is 11.5 Å². The molecule has 0 amide bonds. The third kappa shape index (κ3) is 1.99. The minimum absolute atomic E-state index is 0.0101. The third-order valence-corrected chi connectivity index (χ3v) is 6.53. The summed E-state index contributed by atoms with van der Waals surface area (Å²) in [6.07, 6.45) is 7.80.